The van der Waals surface area contributed by atoms with Gasteiger partial charge >= 0.3 is 0 Å². The summed E-state index contributed by atoms with van der Waals surface area (Å²) in [5.41, 5.74) is 9.95. The lowest BCUT2D eigenvalue weighted by atomic mass is 10.2. The Hall–Kier alpha value is -1.20. The van der Waals surface area contributed by atoms with E-state index in [-0.39, 0.29) is 11.2 Å². The van der Waals surface area contributed by atoms with E-state index in [4.69, 9.17) is 11.6 Å². The molecule has 1 aromatic rings. The maximum Gasteiger partial charge on any atom is 0.247 e. The first-order valence-electron chi connectivity index (χ1n) is 5.62. The molecule has 0 radical (unpaired) electrons. The molecule has 1 amide bonds. The number of nitrogen functional groups attached to an aromatic ring is 1. The first-order chi connectivity index (χ1) is 8.10. The number of carbonyl (C=O) groups is 1. The molecule has 0 heterocycles. The van der Waals surface area contributed by atoms with Crippen molar-refractivity contribution in [1.29, 1.82) is 0 Å². The molecule has 0 aliphatic rings. The molecule has 4 nitrogen and oxygen atoms in total. The van der Waals surface area contributed by atoms with Crippen LogP contribution in [0.1, 0.15) is 25.3 Å². The van der Waals surface area contributed by atoms with E-state index in [1.54, 1.807) is 0 Å². The Balaban J connectivity index is 2.85. The van der Waals surface area contributed by atoms with E-state index in [0.29, 0.717) is 0 Å². The van der Waals surface area contributed by atoms with Crippen molar-refractivity contribution < 1.29 is 4.79 Å². The summed E-state index contributed by atoms with van der Waals surface area (Å²) in [4.78, 5) is 12.5. The Bertz CT molecular complexity index is 395. The normalized spacial score (nSPS) is 12.2. The minimum atomic E-state index is -0.186. The van der Waals surface area contributed by atoms with Crippen LogP contribution < -0.4 is 17.0 Å². The number of rotatable bonds is 5. The second-order valence-corrected chi connectivity index (χ2v) is 5.14. The monoisotopic (exact) mass is 253 g/mol. The number of amides is 1. The molecule has 0 bridgehead atoms. The summed E-state index contributed by atoms with van der Waals surface area (Å²) in [7, 11) is 0. The minimum Gasteiger partial charge on any atom is -0.398 e. The lowest BCUT2D eigenvalue weighted by molar-refractivity contribution is -0.120. The van der Waals surface area contributed by atoms with Crippen molar-refractivity contribution in [2.45, 2.75) is 36.8 Å². The van der Waals surface area contributed by atoms with Gasteiger partial charge in [-0.3, -0.25) is 10.2 Å². The summed E-state index contributed by atoms with van der Waals surface area (Å²) < 4.78 is 0. The summed E-state index contributed by atoms with van der Waals surface area (Å²) in [6.45, 7) is 3.99. The molecule has 5 N–H and O–H groups in total. The van der Waals surface area contributed by atoms with E-state index in [0.717, 1.165) is 29.0 Å². The number of para-hydroxylation sites is 1. The number of hydrogen-bond donors (Lipinski definition) is 3. The van der Waals surface area contributed by atoms with Crippen molar-refractivity contribution in [3.8, 4) is 0 Å². The maximum absolute atomic E-state index is 11.6. The van der Waals surface area contributed by atoms with Crippen LogP contribution >= 0.6 is 11.8 Å². The Morgan fingerprint density at radius 2 is 2.24 bits per heavy atom. The van der Waals surface area contributed by atoms with Gasteiger partial charge in [0.05, 0.1) is 5.25 Å². The largest absolute Gasteiger partial charge is 0.398 e. The minimum absolute atomic E-state index is 0.155. The molecule has 0 spiro atoms. The third kappa shape index (κ3) is 3.64. The highest BCUT2D eigenvalue weighted by Crippen LogP contribution is 2.32. The number of carbonyl (C=O) groups excluding carboxylic acids is 1. The Morgan fingerprint density at radius 3 is 2.82 bits per heavy atom. The molecule has 17 heavy (non-hydrogen) atoms. The Labute approximate surface area is 106 Å². The first kappa shape index (κ1) is 13.9. The SMILES string of the molecule is CCCC(Sc1cccc(C)c1N)C(=O)NN. The lowest BCUT2D eigenvalue weighted by Crippen LogP contribution is -2.37. The standard InChI is InChI=1S/C12H19N3OS/c1-3-5-10(12(16)15-14)17-9-7-4-6-8(2)11(9)13/h4,6-7,10H,3,5,13-14H2,1-2H3,(H,15,16). The molecule has 1 rings (SSSR count). The van der Waals surface area contributed by atoms with Gasteiger partial charge in [0.15, 0.2) is 0 Å². The maximum atomic E-state index is 11.6. The van der Waals surface area contributed by atoms with Gasteiger partial charge in [-0.1, -0.05) is 25.5 Å². The Morgan fingerprint density at radius 1 is 1.53 bits per heavy atom. The number of benzene rings is 1. The number of anilines is 1. The number of hydrazine groups is 1. The number of nitrogens with two attached hydrogens (primary N) is 2. The molecule has 0 aliphatic heterocycles. The summed E-state index contributed by atoms with van der Waals surface area (Å²) in [5, 5.41) is -0.186. The highest BCUT2D eigenvalue weighted by Gasteiger charge is 2.19. The summed E-state index contributed by atoms with van der Waals surface area (Å²) in [6, 6.07) is 5.83. The second-order valence-electron chi connectivity index (χ2n) is 3.89. The van der Waals surface area contributed by atoms with Crippen LogP contribution in [0.2, 0.25) is 0 Å². The van der Waals surface area contributed by atoms with Gasteiger partial charge in [-0.25, -0.2) is 5.84 Å². The van der Waals surface area contributed by atoms with Crippen LogP contribution in [-0.2, 0) is 4.79 Å². The predicted molar refractivity (Wildman–Crippen MR) is 72.5 cm³/mol. The van der Waals surface area contributed by atoms with E-state index in [9.17, 15) is 4.79 Å². The predicted octanol–water partition coefficient (Wildman–Crippen LogP) is 1.83. The fourth-order valence-corrected chi connectivity index (χ4v) is 2.79. The number of aryl methyl sites for hydroxylation is 1. The van der Waals surface area contributed by atoms with Crippen molar-refractivity contribution in [2.75, 3.05) is 5.73 Å². The van der Waals surface area contributed by atoms with Crippen molar-refractivity contribution in [3.05, 3.63) is 23.8 Å². The van der Waals surface area contributed by atoms with E-state index in [1.165, 1.54) is 11.8 Å². The molecule has 0 aliphatic carbocycles. The smallest absolute Gasteiger partial charge is 0.247 e. The highest BCUT2D eigenvalue weighted by atomic mass is 32.2. The van der Waals surface area contributed by atoms with Gasteiger partial charge in [0.1, 0.15) is 0 Å². The van der Waals surface area contributed by atoms with Crippen LogP contribution in [0.4, 0.5) is 5.69 Å². The number of thioether (sulfide) groups is 1. The molecular weight excluding hydrogens is 234 g/mol. The first-order valence-corrected chi connectivity index (χ1v) is 6.50. The van der Waals surface area contributed by atoms with Gasteiger partial charge in [0.25, 0.3) is 0 Å². The van der Waals surface area contributed by atoms with Gasteiger partial charge in [0, 0.05) is 10.6 Å². The fraction of sp³-hybridized carbons (Fsp3) is 0.417. The molecule has 0 saturated heterocycles. The topological polar surface area (TPSA) is 81.1 Å². The summed E-state index contributed by atoms with van der Waals surface area (Å²) in [5.74, 6) is 5.03. The second kappa shape index (κ2) is 6.51. The van der Waals surface area contributed by atoms with Gasteiger partial charge in [-0.2, -0.15) is 0 Å². The molecule has 1 unspecified atom stereocenters. The average Bonchev–Trinajstić information content (AvgIpc) is 2.33. The van der Waals surface area contributed by atoms with E-state index < -0.39 is 0 Å². The molecule has 5 heteroatoms. The average molecular weight is 253 g/mol. The third-order valence-electron chi connectivity index (χ3n) is 2.54. The van der Waals surface area contributed by atoms with Crippen LogP contribution in [0.3, 0.4) is 0 Å². The molecule has 0 fully saturated rings. The lowest BCUT2D eigenvalue weighted by Gasteiger charge is -2.15. The highest BCUT2D eigenvalue weighted by molar-refractivity contribution is 8.00. The van der Waals surface area contributed by atoms with Crippen LogP contribution in [0.5, 0.6) is 0 Å². The summed E-state index contributed by atoms with van der Waals surface area (Å²) in [6.07, 6.45) is 1.71. The summed E-state index contributed by atoms with van der Waals surface area (Å²) >= 11 is 1.47. The van der Waals surface area contributed by atoms with Crippen molar-refractivity contribution in [2.24, 2.45) is 5.84 Å². The molecule has 1 aromatic carbocycles. The molecule has 1 atom stereocenters. The third-order valence-corrected chi connectivity index (χ3v) is 3.88. The van der Waals surface area contributed by atoms with Gasteiger partial charge in [-0.15, -0.1) is 11.8 Å². The van der Waals surface area contributed by atoms with Crippen molar-refractivity contribution in [1.82, 2.24) is 5.43 Å². The molecule has 0 saturated carbocycles. The van der Waals surface area contributed by atoms with Crippen LogP contribution in [0.25, 0.3) is 0 Å². The fourth-order valence-electron chi connectivity index (χ4n) is 1.51. The van der Waals surface area contributed by atoms with Gasteiger partial charge < -0.3 is 5.73 Å². The molecule has 94 valence electrons. The number of nitrogens with one attached hydrogen (secondary N) is 1. The molecule has 0 aromatic heterocycles. The van der Waals surface area contributed by atoms with E-state index in [2.05, 4.69) is 5.43 Å². The van der Waals surface area contributed by atoms with Gasteiger partial charge in [0.2, 0.25) is 5.91 Å². The van der Waals surface area contributed by atoms with E-state index in [1.807, 2.05) is 32.0 Å². The van der Waals surface area contributed by atoms with Gasteiger partial charge in [-0.05, 0) is 25.0 Å². The van der Waals surface area contributed by atoms with Crippen LogP contribution in [0, 0.1) is 6.92 Å². The number of hydrogen-bond acceptors (Lipinski definition) is 4. The van der Waals surface area contributed by atoms with Crippen LogP contribution in [0.15, 0.2) is 23.1 Å². The zero-order valence-corrected chi connectivity index (χ0v) is 11.0. The molecular formula is C12H19N3OS. The van der Waals surface area contributed by atoms with Crippen molar-refractivity contribution >= 4 is 23.4 Å². The van der Waals surface area contributed by atoms with E-state index >= 15 is 0 Å². The zero-order chi connectivity index (χ0) is 12.8. The quantitative estimate of drug-likeness (QED) is 0.246. The van der Waals surface area contributed by atoms with Crippen molar-refractivity contribution in [3.63, 3.8) is 0 Å². The van der Waals surface area contributed by atoms with Crippen LogP contribution in [-0.4, -0.2) is 11.2 Å². The Kier molecular flexibility index (Phi) is 5.31. The zero-order valence-electron chi connectivity index (χ0n) is 10.2.